The molecule has 0 aromatic carbocycles. The number of halogens is 1. The van der Waals surface area contributed by atoms with Gasteiger partial charge in [-0.25, -0.2) is 14.2 Å². The number of hydrogen-bond donors (Lipinski definition) is 1. The number of fused-ring (bicyclic) bond motifs is 1. The van der Waals surface area contributed by atoms with Crippen molar-refractivity contribution in [1.82, 2.24) is 4.98 Å². The fourth-order valence-electron chi connectivity index (χ4n) is 1.59. The summed E-state index contributed by atoms with van der Waals surface area (Å²) in [6, 6.07) is 0. The Labute approximate surface area is 73.4 Å². The van der Waals surface area contributed by atoms with Crippen molar-refractivity contribution in [1.29, 1.82) is 0 Å². The number of alkyl halides is 1. The summed E-state index contributed by atoms with van der Waals surface area (Å²) in [5, 5.41) is 8.71. The molecule has 1 aliphatic carbocycles. The number of rotatable bonds is 1. The first-order chi connectivity index (χ1) is 6.14. The molecule has 1 unspecified atom stereocenters. The van der Waals surface area contributed by atoms with Crippen LogP contribution in [-0.4, -0.2) is 16.1 Å². The van der Waals surface area contributed by atoms with Crippen LogP contribution in [0.4, 0.5) is 4.39 Å². The van der Waals surface area contributed by atoms with Crippen molar-refractivity contribution in [3.05, 3.63) is 17.8 Å². The zero-order chi connectivity index (χ0) is 9.47. The van der Waals surface area contributed by atoms with Crippen LogP contribution in [-0.2, 0) is 16.9 Å². The van der Waals surface area contributed by atoms with E-state index < -0.39 is 11.6 Å². The maximum absolute atomic E-state index is 13.8. The first-order valence-corrected chi connectivity index (χ1v) is 4.00. The Kier molecular flexibility index (Phi) is 1.61. The van der Waals surface area contributed by atoms with Crippen molar-refractivity contribution in [2.75, 3.05) is 0 Å². The monoisotopic (exact) mass is 185 g/mol. The van der Waals surface area contributed by atoms with E-state index in [0.29, 0.717) is 18.6 Å². The topological polar surface area (TPSA) is 63.3 Å². The first kappa shape index (κ1) is 8.22. The molecule has 0 saturated heterocycles. The van der Waals surface area contributed by atoms with Gasteiger partial charge in [-0.05, 0) is 12.8 Å². The van der Waals surface area contributed by atoms with Gasteiger partial charge in [0.15, 0.2) is 6.39 Å². The fourth-order valence-corrected chi connectivity index (χ4v) is 1.59. The Morgan fingerprint density at radius 1 is 1.77 bits per heavy atom. The van der Waals surface area contributed by atoms with Gasteiger partial charge in [0.05, 0.1) is 0 Å². The molecule has 0 aliphatic heterocycles. The second-order valence-corrected chi connectivity index (χ2v) is 3.08. The molecule has 5 heteroatoms. The number of aryl methyl sites for hydroxylation is 1. The molecule has 1 N–H and O–H groups in total. The number of carboxylic acids is 1. The second kappa shape index (κ2) is 2.55. The molecule has 1 atom stereocenters. The largest absolute Gasteiger partial charge is 0.479 e. The molecule has 0 saturated carbocycles. The predicted octanol–water partition coefficient (Wildman–Crippen LogP) is 1.26. The SMILES string of the molecule is O=C(O)C1(F)CCCc2ocnc21. The van der Waals surface area contributed by atoms with E-state index in [4.69, 9.17) is 9.52 Å². The zero-order valence-electron chi connectivity index (χ0n) is 6.79. The highest BCUT2D eigenvalue weighted by Gasteiger charge is 2.47. The lowest BCUT2D eigenvalue weighted by molar-refractivity contribution is -0.153. The maximum atomic E-state index is 13.8. The molecule has 0 spiro atoms. The summed E-state index contributed by atoms with van der Waals surface area (Å²) in [7, 11) is 0. The standard InChI is InChI=1S/C8H8FNO3/c9-8(7(11)12)3-1-2-5-6(8)10-4-13-5/h4H,1-3H2,(H,11,12). The highest BCUT2D eigenvalue weighted by Crippen LogP contribution is 2.37. The number of nitrogens with zero attached hydrogens (tertiary/aromatic N) is 1. The summed E-state index contributed by atoms with van der Waals surface area (Å²) < 4.78 is 18.7. The van der Waals surface area contributed by atoms with Gasteiger partial charge in [0, 0.05) is 6.42 Å². The van der Waals surface area contributed by atoms with Crippen molar-refractivity contribution in [3.63, 3.8) is 0 Å². The summed E-state index contributed by atoms with van der Waals surface area (Å²) in [4.78, 5) is 14.3. The van der Waals surface area contributed by atoms with Gasteiger partial charge in [0.25, 0.3) is 5.67 Å². The molecule has 1 aromatic heterocycles. The average molecular weight is 185 g/mol. The lowest BCUT2D eigenvalue weighted by Gasteiger charge is -2.22. The lowest BCUT2D eigenvalue weighted by Crippen LogP contribution is -2.34. The summed E-state index contributed by atoms with van der Waals surface area (Å²) in [5.41, 5.74) is -2.41. The normalized spacial score (nSPS) is 26.8. The highest BCUT2D eigenvalue weighted by atomic mass is 19.1. The molecule has 1 aromatic rings. The smallest absolute Gasteiger partial charge is 0.347 e. The molecular weight excluding hydrogens is 177 g/mol. The molecule has 70 valence electrons. The molecule has 1 aliphatic rings. The summed E-state index contributed by atoms with van der Waals surface area (Å²) >= 11 is 0. The quantitative estimate of drug-likeness (QED) is 0.715. The van der Waals surface area contributed by atoms with Crippen molar-refractivity contribution in [3.8, 4) is 0 Å². The van der Waals surface area contributed by atoms with Crippen LogP contribution < -0.4 is 0 Å². The minimum absolute atomic E-state index is 0.0259. The third kappa shape index (κ3) is 1.03. The molecule has 4 nitrogen and oxygen atoms in total. The number of aromatic nitrogens is 1. The van der Waals surface area contributed by atoms with Crippen LogP contribution in [0, 0.1) is 0 Å². The number of oxazole rings is 1. The third-order valence-electron chi connectivity index (χ3n) is 2.28. The molecule has 0 fully saturated rings. The van der Waals surface area contributed by atoms with Gasteiger partial charge >= 0.3 is 5.97 Å². The first-order valence-electron chi connectivity index (χ1n) is 4.00. The van der Waals surface area contributed by atoms with E-state index in [1.165, 1.54) is 0 Å². The van der Waals surface area contributed by atoms with E-state index in [9.17, 15) is 9.18 Å². The lowest BCUT2D eigenvalue weighted by atomic mass is 9.88. The Balaban J connectivity index is 2.51. The van der Waals surface area contributed by atoms with Crippen LogP contribution in [0.2, 0.25) is 0 Å². The second-order valence-electron chi connectivity index (χ2n) is 3.08. The predicted molar refractivity (Wildman–Crippen MR) is 39.9 cm³/mol. The van der Waals surface area contributed by atoms with E-state index >= 15 is 0 Å². The highest BCUT2D eigenvalue weighted by molar-refractivity contribution is 5.79. The minimum Gasteiger partial charge on any atom is -0.479 e. The van der Waals surface area contributed by atoms with Gasteiger partial charge in [-0.3, -0.25) is 0 Å². The van der Waals surface area contributed by atoms with Crippen molar-refractivity contribution < 1.29 is 18.7 Å². The summed E-state index contributed by atoms with van der Waals surface area (Å²) in [5.74, 6) is -1.13. The third-order valence-corrected chi connectivity index (χ3v) is 2.28. The van der Waals surface area contributed by atoms with Gasteiger partial charge in [-0.15, -0.1) is 0 Å². The molecule has 0 radical (unpaired) electrons. The number of carboxylic acid groups (broad SMARTS) is 1. The number of hydrogen-bond acceptors (Lipinski definition) is 3. The molecule has 0 amide bonds. The van der Waals surface area contributed by atoms with Gasteiger partial charge in [0.1, 0.15) is 11.5 Å². The Morgan fingerprint density at radius 2 is 2.54 bits per heavy atom. The van der Waals surface area contributed by atoms with E-state index in [1.54, 1.807) is 0 Å². The molecule has 2 rings (SSSR count). The van der Waals surface area contributed by atoms with Gasteiger partial charge in [0.2, 0.25) is 0 Å². The summed E-state index contributed by atoms with van der Waals surface area (Å²) in [6.07, 6.45) is 2.11. The van der Waals surface area contributed by atoms with Crippen LogP contribution >= 0.6 is 0 Å². The molecular formula is C8H8FNO3. The minimum atomic E-state index is -2.35. The van der Waals surface area contributed by atoms with Crippen molar-refractivity contribution >= 4 is 5.97 Å². The van der Waals surface area contributed by atoms with Gasteiger partial charge in [-0.2, -0.15) is 0 Å². The van der Waals surface area contributed by atoms with Gasteiger partial charge in [-0.1, -0.05) is 0 Å². The van der Waals surface area contributed by atoms with Crippen LogP contribution in [0.1, 0.15) is 24.3 Å². The van der Waals surface area contributed by atoms with E-state index in [0.717, 1.165) is 6.39 Å². The molecule has 13 heavy (non-hydrogen) atoms. The van der Waals surface area contributed by atoms with Gasteiger partial charge < -0.3 is 9.52 Å². The van der Waals surface area contributed by atoms with Crippen LogP contribution in [0.15, 0.2) is 10.8 Å². The zero-order valence-corrected chi connectivity index (χ0v) is 6.79. The number of carbonyl (C=O) groups is 1. The Bertz CT molecular complexity index is 349. The Hall–Kier alpha value is -1.39. The average Bonchev–Trinajstić information content (AvgIpc) is 2.53. The van der Waals surface area contributed by atoms with Crippen molar-refractivity contribution in [2.45, 2.75) is 24.9 Å². The summed E-state index contributed by atoms with van der Waals surface area (Å²) in [6.45, 7) is 0. The fraction of sp³-hybridized carbons (Fsp3) is 0.500. The maximum Gasteiger partial charge on any atom is 0.347 e. The van der Waals surface area contributed by atoms with Crippen LogP contribution in [0.25, 0.3) is 0 Å². The number of aliphatic carboxylic acids is 1. The van der Waals surface area contributed by atoms with Crippen LogP contribution in [0.5, 0.6) is 0 Å². The molecule has 1 heterocycles. The Morgan fingerprint density at radius 3 is 3.23 bits per heavy atom. The molecule has 0 bridgehead atoms. The van der Waals surface area contributed by atoms with Crippen LogP contribution in [0.3, 0.4) is 0 Å². The van der Waals surface area contributed by atoms with Crippen molar-refractivity contribution in [2.24, 2.45) is 0 Å². The van der Waals surface area contributed by atoms with E-state index in [1.807, 2.05) is 0 Å². The van der Waals surface area contributed by atoms with E-state index in [2.05, 4.69) is 4.98 Å². The van der Waals surface area contributed by atoms with E-state index in [-0.39, 0.29) is 12.1 Å².